The Morgan fingerprint density at radius 3 is 2.70 bits per heavy atom. The van der Waals surface area contributed by atoms with E-state index in [9.17, 15) is 8.42 Å². The summed E-state index contributed by atoms with van der Waals surface area (Å²) >= 11 is 11.9. The molecule has 1 fully saturated rings. The molecule has 1 aliphatic rings. The van der Waals surface area contributed by atoms with Crippen LogP contribution < -0.4 is 5.73 Å². The van der Waals surface area contributed by atoms with Crippen molar-refractivity contribution in [1.82, 2.24) is 9.21 Å². The van der Waals surface area contributed by atoms with E-state index in [0.29, 0.717) is 24.7 Å². The molecule has 20 heavy (non-hydrogen) atoms. The van der Waals surface area contributed by atoms with Crippen LogP contribution in [0.15, 0.2) is 23.1 Å². The van der Waals surface area contributed by atoms with Crippen molar-refractivity contribution in [3.8, 4) is 0 Å². The molecule has 1 aliphatic heterocycles. The fourth-order valence-corrected chi connectivity index (χ4v) is 4.66. The summed E-state index contributed by atoms with van der Waals surface area (Å²) in [5, 5.41) is 0.510. The molecule has 0 radical (unpaired) electrons. The molecule has 0 bridgehead atoms. The number of hydrogen-bond donors (Lipinski definition) is 1. The van der Waals surface area contributed by atoms with E-state index in [0.717, 1.165) is 0 Å². The number of rotatable bonds is 3. The van der Waals surface area contributed by atoms with Gasteiger partial charge >= 0.3 is 0 Å². The van der Waals surface area contributed by atoms with Crippen LogP contribution in [0.5, 0.6) is 0 Å². The van der Waals surface area contributed by atoms with Crippen LogP contribution in [0.2, 0.25) is 10.0 Å². The lowest BCUT2D eigenvalue weighted by Gasteiger charge is -2.38. The zero-order valence-corrected chi connectivity index (χ0v) is 13.4. The van der Waals surface area contributed by atoms with E-state index in [4.69, 9.17) is 28.9 Å². The minimum absolute atomic E-state index is 0.0367. The third-order valence-electron chi connectivity index (χ3n) is 3.38. The molecule has 1 aromatic carbocycles. The van der Waals surface area contributed by atoms with Crippen LogP contribution in [0.25, 0.3) is 0 Å². The minimum Gasteiger partial charge on any atom is -0.329 e. The Kier molecular flexibility index (Phi) is 4.94. The van der Waals surface area contributed by atoms with E-state index in [1.807, 2.05) is 7.05 Å². The van der Waals surface area contributed by atoms with E-state index < -0.39 is 10.0 Å². The molecule has 2 rings (SSSR count). The molecule has 1 saturated heterocycles. The van der Waals surface area contributed by atoms with Crippen LogP contribution in [0, 0.1) is 0 Å². The van der Waals surface area contributed by atoms with Crippen LogP contribution in [0.4, 0.5) is 0 Å². The van der Waals surface area contributed by atoms with Crippen molar-refractivity contribution in [1.29, 1.82) is 0 Å². The van der Waals surface area contributed by atoms with Gasteiger partial charge in [-0.05, 0) is 25.2 Å². The number of halogens is 2. The molecule has 1 aromatic rings. The molecular weight excluding hydrogens is 321 g/mol. The highest BCUT2D eigenvalue weighted by atomic mass is 35.5. The van der Waals surface area contributed by atoms with Crippen LogP contribution >= 0.6 is 23.2 Å². The monoisotopic (exact) mass is 337 g/mol. The SMILES string of the molecule is CN1CCN(S(=O)(=O)c2cc(Cl)ccc2Cl)C(CN)C1. The largest absolute Gasteiger partial charge is 0.329 e. The van der Waals surface area contributed by atoms with E-state index in [-0.39, 0.29) is 22.5 Å². The van der Waals surface area contributed by atoms with Crippen LogP contribution in [0.1, 0.15) is 0 Å². The van der Waals surface area contributed by atoms with Crippen molar-refractivity contribution < 1.29 is 8.42 Å². The number of nitrogens with zero attached hydrogens (tertiary/aromatic N) is 2. The summed E-state index contributed by atoms with van der Waals surface area (Å²) in [6.07, 6.45) is 0. The van der Waals surface area contributed by atoms with Gasteiger partial charge in [0.2, 0.25) is 10.0 Å². The lowest BCUT2D eigenvalue weighted by atomic mass is 10.2. The predicted octanol–water partition coefficient (Wildman–Crippen LogP) is 1.26. The molecule has 8 heteroatoms. The summed E-state index contributed by atoms with van der Waals surface area (Å²) < 4.78 is 26.9. The van der Waals surface area contributed by atoms with Crippen LogP contribution in [-0.2, 0) is 10.0 Å². The average molecular weight is 338 g/mol. The second kappa shape index (κ2) is 6.17. The lowest BCUT2D eigenvalue weighted by molar-refractivity contribution is 0.164. The van der Waals surface area contributed by atoms with Gasteiger partial charge in [0.25, 0.3) is 0 Å². The predicted molar refractivity (Wildman–Crippen MR) is 80.7 cm³/mol. The van der Waals surface area contributed by atoms with Gasteiger partial charge in [0.1, 0.15) is 4.90 Å². The molecule has 0 spiro atoms. The van der Waals surface area contributed by atoms with Crippen LogP contribution in [0.3, 0.4) is 0 Å². The van der Waals surface area contributed by atoms with Gasteiger partial charge < -0.3 is 10.6 Å². The Bertz CT molecular complexity index is 594. The average Bonchev–Trinajstić information content (AvgIpc) is 2.40. The number of piperazine rings is 1. The molecular formula is C12H17Cl2N3O2S. The van der Waals surface area contributed by atoms with Gasteiger partial charge in [0.15, 0.2) is 0 Å². The molecule has 112 valence electrons. The number of sulfonamides is 1. The van der Waals surface area contributed by atoms with Crippen molar-refractivity contribution in [3.63, 3.8) is 0 Å². The van der Waals surface area contributed by atoms with E-state index in [1.54, 1.807) is 6.07 Å². The first-order chi connectivity index (χ1) is 9.36. The van der Waals surface area contributed by atoms with Crippen molar-refractivity contribution in [3.05, 3.63) is 28.2 Å². The third kappa shape index (κ3) is 3.10. The number of hydrogen-bond acceptors (Lipinski definition) is 4. The molecule has 0 saturated carbocycles. The highest BCUT2D eigenvalue weighted by Crippen LogP contribution is 2.29. The smallest absolute Gasteiger partial charge is 0.244 e. The maximum Gasteiger partial charge on any atom is 0.244 e. The molecule has 0 amide bonds. The Morgan fingerprint density at radius 1 is 1.35 bits per heavy atom. The first-order valence-corrected chi connectivity index (χ1v) is 8.41. The standard InChI is InChI=1S/C12H17Cl2N3O2S/c1-16-4-5-17(10(7-15)8-16)20(18,19)12-6-9(13)2-3-11(12)14/h2-3,6,10H,4-5,7-8,15H2,1H3. The highest BCUT2D eigenvalue weighted by molar-refractivity contribution is 7.89. The Morgan fingerprint density at radius 2 is 2.05 bits per heavy atom. The number of likely N-dealkylation sites (N-methyl/N-ethyl adjacent to an activating group) is 1. The number of benzene rings is 1. The quantitative estimate of drug-likeness (QED) is 0.901. The second-order valence-corrected chi connectivity index (χ2v) is 7.54. The first-order valence-electron chi connectivity index (χ1n) is 6.21. The maximum atomic E-state index is 12.7. The zero-order chi connectivity index (χ0) is 14.9. The Labute approximate surface area is 129 Å². The van der Waals surface area contributed by atoms with E-state index in [2.05, 4.69) is 4.90 Å². The molecule has 0 aliphatic carbocycles. The molecule has 5 nitrogen and oxygen atoms in total. The van der Waals surface area contributed by atoms with Gasteiger partial charge in [-0.15, -0.1) is 0 Å². The minimum atomic E-state index is -3.69. The van der Waals surface area contributed by atoms with Crippen LogP contribution in [-0.4, -0.2) is 56.9 Å². The summed E-state index contributed by atoms with van der Waals surface area (Å²) in [4.78, 5) is 2.10. The summed E-state index contributed by atoms with van der Waals surface area (Å²) in [5.41, 5.74) is 5.71. The zero-order valence-electron chi connectivity index (χ0n) is 11.1. The highest BCUT2D eigenvalue weighted by Gasteiger charge is 2.35. The molecule has 1 unspecified atom stereocenters. The molecule has 1 atom stereocenters. The lowest BCUT2D eigenvalue weighted by Crippen LogP contribution is -2.56. The molecule has 1 heterocycles. The summed E-state index contributed by atoms with van der Waals surface area (Å²) in [6, 6.07) is 4.18. The van der Waals surface area contributed by atoms with Crippen molar-refractivity contribution in [2.75, 3.05) is 33.2 Å². The van der Waals surface area contributed by atoms with Gasteiger partial charge in [-0.2, -0.15) is 4.31 Å². The Hall–Kier alpha value is -0.370. The van der Waals surface area contributed by atoms with Crippen molar-refractivity contribution in [2.24, 2.45) is 5.73 Å². The topological polar surface area (TPSA) is 66.6 Å². The summed E-state index contributed by atoms with van der Waals surface area (Å²) in [5.74, 6) is 0. The first kappa shape index (κ1) is 16.0. The summed E-state index contributed by atoms with van der Waals surface area (Å²) in [6.45, 7) is 1.92. The van der Waals surface area contributed by atoms with Crippen molar-refractivity contribution >= 4 is 33.2 Å². The Balaban J connectivity index is 2.41. The van der Waals surface area contributed by atoms with Gasteiger partial charge in [-0.3, -0.25) is 0 Å². The molecule has 0 aromatic heterocycles. The summed E-state index contributed by atoms with van der Waals surface area (Å²) in [7, 11) is -1.75. The van der Waals surface area contributed by atoms with Gasteiger partial charge in [-0.25, -0.2) is 8.42 Å². The second-order valence-electron chi connectivity index (χ2n) is 4.84. The van der Waals surface area contributed by atoms with Gasteiger partial charge in [0.05, 0.1) is 11.1 Å². The molecule has 2 N–H and O–H groups in total. The van der Waals surface area contributed by atoms with Gasteiger partial charge in [0, 0.05) is 31.2 Å². The fourth-order valence-electron chi connectivity index (χ4n) is 2.30. The van der Waals surface area contributed by atoms with E-state index >= 15 is 0 Å². The van der Waals surface area contributed by atoms with Crippen molar-refractivity contribution in [2.45, 2.75) is 10.9 Å². The fraction of sp³-hybridized carbons (Fsp3) is 0.500. The van der Waals surface area contributed by atoms with Gasteiger partial charge in [-0.1, -0.05) is 23.2 Å². The maximum absolute atomic E-state index is 12.7. The third-order valence-corrected chi connectivity index (χ3v) is 6.05. The van der Waals surface area contributed by atoms with E-state index in [1.165, 1.54) is 16.4 Å². The number of nitrogens with two attached hydrogens (primary N) is 1. The normalized spacial score (nSPS) is 22.1.